The number of carbonyl (C=O) groups excluding carboxylic acids is 1. The first kappa shape index (κ1) is 16.0. The maximum atomic E-state index is 11.9. The van der Waals surface area contributed by atoms with Gasteiger partial charge >= 0.3 is 10.8 Å². The van der Waals surface area contributed by atoms with Crippen LogP contribution in [0.5, 0.6) is 0 Å². The van der Waals surface area contributed by atoms with Gasteiger partial charge in [0.05, 0.1) is 12.8 Å². The molecular formula is C14H16N2O5S. The summed E-state index contributed by atoms with van der Waals surface area (Å²) in [6.45, 7) is 1.91. The molecule has 0 aliphatic heterocycles. The Morgan fingerprint density at radius 2 is 2.23 bits per heavy atom. The van der Waals surface area contributed by atoms with Gasteiger partial charge in [0.25, 0.3) is 0 Å². The first-order valence-corrected chi connectivity index (χ1v) is 7.59. The lowest BCUT2D eigenvalue weighted by molar-refractivity contribution is -0.122. The molecule has 2 heterocycles. The minimum Gasteiger partial charge on any atom is -0.477 e. The molecule has 0 saturated carbocycles. The van der Waals surface area contributed by atoms with Crippen LogP contribution < -0.4 is 10.2 Å². The Hall–Kier alpha value is -2.35. The molecule has 0 bridgehead atoms. The van der Waals surface area contributed by atoms with Crippen LogP contribution in [-0.4, -0.2) is 21.6 Å². The van der Waals surface area contributed by atoms with Gasteiger partial charge in [0.2, 0.25) is 5.91 Å². The van der Waals surface area contributed by atoms with Crippen molar-refractivity contribution < 1.29 is 19.1 Å². The third-order valence-electron chi connectivity index (χ3n) is 3.02. The summed E-state index contributed by atoms with van der Waals surface area (Å²) in [4.78, 5) is 34.6. The Balaban J connectivity index is 2.12. The van der Waals surface area contributed by atoms with Gasteiger partial charge in [-0.05, 0) is 18.6 Å². The maximum Gasteiger partial charge on any atom is 0.347 e. The molecule has 0 fully saturated rings. The highest BCUT2D eigenvalue weighted by Crippen LogP contribution is 2.15. The van der Waals surface area contributed by atoms with Crippen LogP contribution in [0, 0.1) is 0 Å². The maximum absolute atomic E-state index is 11.9. The van der Waals surface area contributed by atoms with E-state index in [9.17, 15) is 14.4 Å². The second-order valence-corrected chi connectivity index (χ2v) is 5.60. The lowest BCUT2D eigenvalue weighted by atomic mass is 10.2. The first-order valence-electron chi connectivity index (χ1n) is 6.77. The number of aromatic carboxylic acids is 1. The number of rotatable bonds is 7. The molecule has 0 unspecified atom stereocenters. The topological polar surface area (TPSA) is 102 Å². The van der Waals surface area contributed by atoms with Gasteiger partial charge in [-0.1, -0.05) is 24.7 Å². The van der Waals surface area contributed by atoms with E-state index in [1.165, 1.54) is 10.8 Å². The van der Waals surface area contributed by atoms with Gasteiger partial charge in [-0.2, -0.15) is 0 Å². The lowest BCUT2D eigenvalue weighted by Gasteiger charge is -2.08. The molecule has 22 heavy (non-hydrogen) atoms. The smallest absolute Gasteiger partial charge is 0.347 e. The predicted octanol–water partition coefficient (Wildman–Crippen LogP) is 1.47. The number of hydrogen-bond donors (Lipinski definition) is 2. The number of nitrogens with zero attached hydrogens (tertiary/aromatic N) is 1. The highest BCUT2D eigenvalue weighted by Gasteiger charge is 2.20. The number of carboxylic acids is 1. The molecule has 0 aliphatic rings. The van der Waals surface area contributed by atoms with Gasteiger partial charge in [0, 0.05) is 5.69 Å². The summed E-state index contributed by atoms with van der Waals surface area (Å²) < 4.78 is 6.33. The van der Waals surface area contributed by atoms with E-state index in [1.54, 1.807) is 12.1 Å². The van der Waals surface area contributed by atoms with Crippen LogP contribution >= 0.6 is 11.3 Å². The second kappa shape index (κ2) is 7.08. The standard InChI is InChI=1S/C14H16N2O5S/c1-2-4-10-12(13(18)19)22-14(20)16(10)8-11(17)15-7-9-5-3-6-21-9/h3,5-6H,2,4,7-8H2,1H3,(H,15,17)(H,18,19). The molecule has 0 atom stereocenters. The van der Waals surface area contributed by atoms with E-state index >= 15 is 0 Å². The molecule has 0 spiro atoms. The van der Waals surface area contributed by atoms with Crippen molar-refractivity contribution >= 4 is 23.2 Å². The normalized spacial score (nSPS) is 10.6. The van der Waals surface area contributed by atoms with E-state index in [4.69, 9.17) is 9.52 Å². The van der Waals surface area contributed by atoms with Crippen LogP contribution in [0.3, 0.4) is 0 Å². The summed E-state index contributed by atoms with van der Waals surface area (Å²) in [5.41, 5.74) is 0.401. The highest BCUT2D eigenvalue weighted by atomic mass is 32.1. The van der Waals surface area contributed by atoms with Gasteiger partial charge in [-0.25, -0.2) is 4.79 Å². The Morgan fingerprint density at radius 3 is 2.82 bits per heavy atom. The fraction of sp³-hybridized carbons (Fsp3) is 0.357. The Morgan fingerprint density at radius 1 is 1.45 bits per heavy atom. The number of nitrogens with one attached hydrogen (secondary N) is 1. The minimum absolute atomic E-state index is 0.00526. The lowest BCUT2D eigenvalue weighted by Crippen LogP contribution is -2.31. The Labute approximate surface area is 130 Å². The van der Waals surface area contributed by atoms with Crippen LogP contribution in [0.15, 0.2) is 27.6 Å². The zero-order valence-electron chi connectivity index (χ0n) is 12.0. The van der Waals surface area contributed by atoms with Gasteiger partial charge in [-0.3, -0.25) is 14.2 Å². The predicted molar refractivity (Wildman–Crippen MR) is 80.1 cm³/mol. The van der Waals surface area contributed by atoms with Crippen LogP contribution in [0.25, 0.3) is 0 Å². The van der Waals surface area contributed by atoms with Crippen molar-refractivity contribution in [3.63, 3.8) is 0 Å². The molecule has 0 aliphatic carbocycles. The van der Waals surface area contributed by atoms with E-state index in [0.717, 1.165) is 0 Å². The number of thiazole rings is 1. The molecule has 2 aromatic heterocycles. The molecule has 0 saturated heterocycles. The molecule has 0 radical (unpaired) electrons. The zero-order valence-corrected chi connectivity index (χ0v) is 12.8. The third kappa shape index (κ3) is 3.64. The van der Waals surface area contributed by atoms with Crippen molar-refractivity contribution in [2.45, 2.75) is 32.9 Å². The van der Waals surface area contributed by atoms with Crippen molar-refractivity contribution in [3.8, 4) is 0 Å². The van der Waals surface area contributed by atoms with Crippen molar-refractivity contribution in [1.29, 1.82) is 0 Å². The van der Waals surface area contributed by atoms with E-state index in [1.807, 2.05) is 6.92 Å². The SMILES string of the molecule is CCCc1c(C(=O)O)sc(=O)n1CC(=O)NCc1ccco1. The summed E-state index contributed by atoms with van der Waals surface area (Å²) in [6.07, 6.45) is 2.62. The zero-order chi connectivity index (χ0) is 16.1. The first-order chi connectivity index (χ1) is 10.5. The molecule has 2 rings (SSSR count). The van der Waals surface area contributed by atoms with E-state index in [-0.39, 0.29) is 23.9 Å². The molecule has 8 heteroatoms. The average Bonchev–Trinajstić information content (AvgIpc) is 3.08. The largest absolute Gasteiger partial charge is 0.477 e. The number of amides is 1. The molecule has 0 aromatic carbocycles. The third-order valence-corrected chi connectivity index (χ3v) is 4.03. The van der Waals surface area contributed by atoms with Crippen LogP contribution in [0.4, 0.5) is 0 Å². The molecule has 1 amide bonds. The quantitative estimate of drug-likeness (QED) is 0.803. The number of carboxylic acid groups (broad SMARTS) is 1. The fourth-order valence-corrected chi connectivity index (χ4v) is 2.92. The molecule has 118 valence electrons. The number of carbonyl (C=O) groups is 2. The van der Waals surface area contributed by atoms with Gasteiger partial charge in [0.15, 0.2) is 0 Å². The average molecular weight is 324 g/mol. The minimum atomic E-state index is -1.14. The van der Waals surface area contributed by atoms with Gasteiger partial charge < -0.3 is 14.8 Å². The molecular weight excluding hydrogens is 308 g/mol. The summed E-state index contributed by atoms with van der Waals surface area (Å²) in [7, 11) is 0. The molecule has 7 nitrogen and oxygen atoms in total. The van der Waals surface area contributed by atoms with Gasteiger partial charge in [0.1, 0.15) is 17.2 Å². The van der Waals surface area contributed by atoms with E-state index in [0.29, 0.717) is 35.6 Å². The summed E-state index contributed by atoms with van der Waals surface area (Å²) in [6, 6.07) is 3.44. The van der Waals surface area contributed by atoms with Crippen LogP contribution in [0.1, 0.15) is 34.5 Å². The number of furan rings is 1. The van der Waals surface area contributed by atoms with E-state index in [2.05, 4.69) is 5.32 Å². The number of aromatic nitrogens is 1. The summed E-state index contributed by atoms with van der Waals surface area (Å²) in [5, 5.41) is 11.8. The van der Waals surface area contributed by atoms with E-state index < -0.39 is 10.8 Å². The summed E-state index contributed by atoms with van der Waals surface area (Å²) in [5.74, 6) is -0.906. The number of hydrogen-bond acceptors (Lipinski definition) is 5. The second-order valence-electron chi connectivity index (χ2n) is 4.64. The summed E-state index contributed by atoms with van der Waals surface area (Å²) >= 11 is 0.656. The van der Waals surface area contributed by atoms with Crippen molar-refractivity contribution in [1.82, 2.24) is 9.88 Å². The van der Waals surface area contributed by atoms with Gasteiger partial charge in [-0.15, -0.1) is 0 Å². The van der Waals surface area contributed by atoms with Crippen molar-refractivity contribution in [3.05, 3.63) is 44.4 Å². The Bertz CT molecular complexity index is 714. The molecule has 2 aromatic rings. The van der Waals surface area contributed by atoms with Crippen LogP contribution in [0.2, 0.25) is 0 Å². The highest BCUT2D eigenvalue weighted by molar-refractivity contribution is 7.11. The van der Waals surface area contributed by atoms with Crippen molar-refractivity contribution in [2.75, 3.05) is 0 Å². The Kier molecular flexibility index (Phi) is 5.16. The fourth-order valence-electron chi connectivity index (χ4n) is 2.04. The molecule has 2 N–H and O–H groups in total. The van der Waals surface area contributed by atoms with Crippen LogP contribution in [-0.2, 0) is 24.3 Å². The van der Waals surface area contributed by atoms with Crippen molar-refractivity contribution in [2.24, 2.45) is 0 Å². The monoisotopic (exact) mass is 324 g/mol.